The molecule has 30 heavy (non-hydrogen) atoms. The van der Waals surface area contributed by atoms with Gasteiger partial charge < -0.3 is 10.3 Å². The number of pyridine rings is 1. The number of halogens is 3. The molecule has 5 nitrogen and oxygen atoms in total. The molecule has 152 valence electrons. The topological polar surface area (TPSA) is 69.6 Å². The summed E-state index contributed by atoms with van der Waals surface area (Å²) in [5.74, 6) is 0.00830. The Morgan fingerprint density at radius 2 is 2.03 bits per heavy atom. The summed E-state index contributed by atoms with van der Waals surface area (Å²) in [4.78, 5) is 12.7. The number of anilines is 1. The van der Waals surface area contributed by atoms with Crippen molar-refractivity contribution in [3.8, 4) is 0 Å². The number of aryl methyl sites for hydroxylation is 1. The van der Waals surface area contributed by atoms with Gasteiger partial charge in [0.25, 0.3) is 0 Å². The van der Waals surface area contributed by atoms with E-state index in [1.54, 1.807) is 12.1 Å². The van der Waals surface area contributed by atoms with Gasteiger partial charge in [0.05, 0.1) is 22.0 Å². The lowest BCUT2D eigenvalue weighted by atomic mass is 10.0. The van der Waals surface area contributed by atoms with Crippen molar-refractivity contribution in [3.63, 3.8) is 0 Å². The molecule has 5 rings (SSSR count). The van der Waals surface area contributed by atoms with E-state index >= 15 is 0 Å². The minimum Gasteiger partial charge on any atom is -0.382 e. The van der Waals surface area contributed by atoms with E-state index in [-0.39, 0.29) is 17.7 Å². The van der Waals surface area contributed by atoms with E-state index in [1.165, 1.54) is 18.0 Å². The van der Waals surface area contributed by atoms with Crippen molar-refractivity contribution in [3.05, 3.63) is 70.0 Å². The second kappa shape index (κ2) is 7.52. The maximum Gasteiger partial charge on any atom is 0.145 e. The molecule has 1 aliphatic rings. The Bertz CT molecular complexity index is 1310. The van der Waals surface area contributed by atoms with Crippen LogP contribution in [-0.2, 0) is 6.42 Å². The first-order chi connectivity index (χ1) is 14.5. The minimum atomic E-state index is -0.247. The first-order valence-electron chi connectivity index (χ1n) is 9.70. The van der Waals surface area contributed by atoms with Gasteiger partial charge in [-0.2, -0.15) is 0 Å². The Kier molecular flexibility index (Phi) is 4.83. The predicted octanol–water partition coefficient (Wildman–Crippen LogP) is 5.90. The van der Waals surface area contributed by atoms with Gasteiger partial charge in [0.1, 0.15) is 28.8 Å². The number of nitrogens with zero attached hydrogens (tertiary/aromatic N) is 4. The highest BCUT2D eigenvalue weighted by atomic mass is 35.5. The van der Waals surface area contributed by atoms with Crippen LogP contribution in [0.1, 0.15) is 30.9 Å². The van der Waals surface area contributed by atoms with Crippen LogP contribution >= 0.6 is 23.2 Å². The van der Waals surface area contributed by atoms with Crippen LogP contribution in [0.5, 0.6) is 0 Å². The summed E-state index contributed by atoms with van der Waals surface area (Å²) in [7, 11) is 0. The Balaban J connectivity index is 1.36. The summed E-state index contributed by atoms with van der Waals surface area (Å²) in [6.07, 6.45) is 9.08. The van der Waals surface area contributed by atoms with Gasteiger partial charge in [0.15, 0.2) is 0 Å². The molecule has 1 atom stereocenters. The molecule has 0 fully saturated rings. The van der Waals surface area contributed by atoms with Crippen molar-refractivity contribution in [2.24, 2.45) is 0 Å². The number of nitrogen functional groups attached to an aromatic ring is 1. The third-order valence-electron chi connectivity index (χ3n) is 5.69. The van der Waals surface area contributed by atoms with Crippen LogP contribution in [0.25, 0.3) is 21.9 Å². The van der Waals surface area contributed by atoms with Gasteiger partial charge in [-0.3, -0.25) is 0 Å². The third-order valence-corrected chi connectivity index (χ3v) is 6.29. The summed E-state index contributed by atoms with van der Waals surface area (Å²) in [6.45, 7) is 0. The molecule has 2 N–H and O–H groups in total. The van der Waals surface area contributed by atoms with Crippen LogP contribution in [0.3, 0.4) is 0 Å². The van der Waals surface area contributed by atoms with Crippen LogP contribution in [-0.4, -0.2) is 19.5 Å². The molecule has 0 spiro atoms. The highest BCUT2D eigenvalue weighted by Gasteiger charge is 2.20. The summed E-state index contributed by atoms with van der Waals surface area (Å²) in [5, 5.41) is 2.30. The van der Waals surface area contributed by atoms with E-state index in [2.05, 4.69) is 25.6 Å². The molecule has 3 heterocycles. The Morgan fingerprint density at radius 3 is 2.90 bits per heavy atom. The lowest BCUT2D eigenvalue weighted by Crippen LogP contribution is -2.02. The molecule has 0 radical (unpaired) electrons. The maximum atomic E-state index is 14.6. The van der Waals surface area contributed by atoms with Crippen molar-refractivity contribution in [1.29, 1.82) is 0 Å². The van der Waals surface area contributed by atoms with Crippen LogP contribution in [0.4, 0.5) is 10.2 Å². The molecule has 0 bridgehead atoms. The fraction of sp³-hybridized carbons (Fsp3) is 0.227. The number of hydrogen-bond donors (Lipinski definition) is 1. The van der Waals surface area contributed by atoms with E-state index in [0.29, 0.717) is 33.1 Å². The summed E-state index contributed by atoms with van der Waals surface area (Å²) >= 11 is 12.2. The molecule has 1 aliphatic carbocycles. The number of allylic oxidation sites excluding steroid dienone is 2. The number of aromatic nitrogens is 4. The normalized spacial score (nSPS) is 16.5. The molecule has 3 aromatic heterocycles. The van der Waals surface area contributed by atoms with E-state index in [4.69, 9.17) is 28.9 Å². The zero-order valence-corrected chi connectivity index (χ0v) is 17.5. The Hall–Kier alpha value is -2.70. The van der Waals surface area contributed by atoms with Gasteiger partial charge in [0.2, 0.25) is 0 Å². The standard InChI is InChI=1S/C22H18Cl2FN5/c23-17-8-14-9-18(25)13(10-19(14)29-21(17)26)3-1-12-2-4-15(7-12)30-6-5-16-20(24)27-11-28-22(16)30/h5-11,15H,1-4H2,(H2,26,29). The zero-order valence-electron chi connectivity index (χ0n) is 15.9. The fourth-order valence-corrected chi connectivity index (χ4v) is 4.47. The smallest absolute Gasteiger partial charge is 0.145 e. The summed E-state index contributed by atoms with van der Waals surface area (Å²) in [6, 6.07) is 7.05. The average Bonchev–Trinajstić information content (AvgIpc) is 3.35. The Labute approximate surface area is 182 Å². The van der Waals surface area contributed by atoms with Crippen molar-refractivity contribution in [2.75, 3.05) is 5.73 Å². The van der Waals surface area contributed by atoms with Crippen molar-refractivity contribution >= 4 is 51.0 Å². The van der Waals surface area contributed by atoms with Gasteiger partial charge in [0, 0.05) is 11.6 Å². The lowest BCUT2D eigenvalue weighted by molar-refractivity contribution is 0.601. The number of nitrogens with two attached hydrogens (primary N) is 1. The molecule has 0 saturated carbocycles. The van der Waals surface area contributed by atoms with Gasteiger partial charge in [-0.25, -0.2) is 19.3 Å². The maximum absolute atomic E-state index is 14.6. The highest BCUT2D eigenvalue weighted by molar-refractivity contribution is 6.34. The van der Waals surface area contributed by atoms with Crippen LogP contribution in [0.15, 0.2) is 48.4 Å². The van der Waals surface area contributed by atoms with Crippen LogP contribution in [0, 0.1) is 5.82 Å². The predicted molar refractivity (Wildman–Crippen MR) is 118 cm³/mol. The molecule has 0 aliphatic heterocycles. The van der Waals surface area contributed by atoms with E-state index in [9.17, 15) is 4.39 Å². The zero-order chi connectivity index (χ0) is 20.8. The number of rotatable bonds is 4. The third kappa shape index (κ3) is 3.40. The first kappa shape index (κ1) is 19.3. The largest absolute Gasteiger partial charge is 0.382 e. The monoisotopic (exact) mass is 441 g/mol. The quantitative estimate of drug-likeness (QED) is 0.316. The summed E-state index contributed by atoms with van der Waals surface area (Å²) in [5.41, 5.74) is 9.22. The molecular formula is C22H18Cl2FN5. The van der Waals surface area contributed by atoms with Gasteiger partial charge in [-0.1, -0.05) is 34.9 Å². The van der Waals surface area contributed by atoms with Crippen LogP contribution in [0.2, 0.25) is 10.2 Å². The SMILES string of the molecule is Nc1nc2cc(CCC3=CC(n4ccc5c(Cl)ncnc54)CC3)c(F)cc2cc1Cl. The highest BCUT2D eigenvalue weighted by Crippen LogP contribution is 2.34. The van der Waals surface area contributed by atoms with Crippen molar-refractivity contribution in [1.82, 2.24) is 19.5 Å². The van der Waals surface area contributed by atoms with E-state index in [1.807, 2.05) is 12.3 Å². The molecular weight excluding hydrogens is 424 g/mol. The Morgan fingerprint density at radius 1 is 1.17 bits per heavy atom. The average molecular weight is 442 g/mol. The molecule has 4 aromatic rings. The van der Waals surface area contributed by atoms with Crippen LogP contribution < -0.4 is 5.73 Å². The number of benzene rings is 1. The molecule has 0 saturated heterocycles. The second-order valence-electron chi connectivity index (χ2n) is 7.55. The lowest BCUT2D eigenvalue weighted by Gasteiger charge is -2.10. The van der Waals surface area contributed by atoms with E-state index in [0.717, 1.165) is 30.3 Å². The molecule has 0 amide bonds. The number of hydrogen-bond acceptors (Lipinski definition) is 4. The number of fused-ring (bicyclic) bond motifs is 2. The van der Waals surface area contributed by atoms with Crippen molar-refractivity contribution in [2.45, 2.75) is 31.7 Å². The molecule has 1 aromatic carbocycles. The summed E-state index contributed by atoms with van der Waals surface area (Å²) < 4.78 is 16.7. The molecule has 1 unspecified atom stereocenters. The van der Waals surface area contributed by atoms with E-state index < -0.39 is 0 Å². The van der Waals surface area contributed by atoms with Gasteiger partial charge >= 0.3 is 0 Å². The van der Waals surface area contributed by atoms with Gasteiger partial charge in [-0.05, 0) is 55.5 Å². The second-order valence-corrected chi connectivity index (χ2v) is 8.31. The minimum absolute atomic E-state index is 0.216. The van der Waals surface area contributed by atoms with Crippen molar-refractivity contribution < 1.29 is 4.39 Å². The van der Waals surface area contributed by atoms with Gasteiger partial charge in [-0.15, -0.1) is 0 Å². The first-order valence-corrected chi connectivity index (χ1v) is 10.5. The molecule has 8 heteroatoms. The fourth-order valence-electron chi connectivity index (χ4n) is 4.12.